The maximum Gasteiger partial charge on any atom is 0.255 e. The molecule has 5 nitrogen and oxygen atoms in total. The van der Waals surface area contributed by atoms with Crippen molar-refractivity contribution < 1.29 is 14.3 Å². The predicted octanol–water partition coefficient (Wildman–Crippen LogP) is 3.35. The van der Waals surface area contributed by atoms with Gasteiger partial charge in [0.1, 0.15) is 18.1 Å². The molecule has 26 heavy (non-hydrogen) atoms. The monoisotopic (exact) mass is 356 g/mol. The average Bonchev–Trinajstić information content (AvgIpc) is 2.70. The summed E-state index contributed by atoms with van der Waals surface area (Å²) in [5, 5.41) is 2.95. The molecule has 0 unspecified atom stereocenters. The van der Waals surface area contributed by atoms with Gasteiger partial charge in [-0.3, -0.25) is 4.79 Å². The van der Waals surface area contributed by atoms with Crippen molar-refractivity contribution >= 4 is 5.91 Å². The zero-order valence-corrected chi connectivity index (χ0v) is 15.8. The smallest absolute Gasteiger partial charge is 0.255 e. The quantitative estimate of drug-likeness (QED) is 0.709. The number of methoxy groups -OCH3 is 1. The number of nitrogens with one attached hydrogen (secondary N) is 1. The highest BCUT2D eigenvalue weighted by Crippen LogP contribution is 2.25. The van der Waals surface area contributed by atoms with E-state index in [4.69, 9.17) is 9.47 Å². The Morgan fingerprint density at radius 2 is 1.81 bits per heavy atom. The molecule has 1 amide bonds. The number of carbonyl (C=O) groups is 1. The van der Waals surface area contributed by atoms with Gasteiger partial charge in [0.15, 0.2) is 0 Å². The fourth-order valence-electron chi connectivity index (χ4n) is 2.65. The molecule has 0 saturated carbocycles. The van der Waals surface area contributed by atoms with Gasteiger partial charge in [0.25, 0.3) is 5.91 Å². The van der Waals surface area contributed by atoms with Crippen LogP contribution in [0.1, 0.15) is 29.8 Å². The van der Waals surface area contributed by atoms with Crippen molar-refractivity contribution in [3.8, 4) is 11.5 Å². The third-order valence-electron chi connectivity index (χ3n) is 4.27. The van der Waals surface area contributed by atoms with Gasteiger partial charge in [-0.2, -0.15) is 0 Å². The summed E-state index contributed by atoms with van der Waals surface area (Å²) in [5.74, 6) is 1.05. The second-order valence-corrected chi connectivity index (χ2v) is 5.92. The molecule has 140 valence electrons. The first-order valence-corrected chi connectivity index (χ1v) is 9.03. The summed E-state index contributed by atoms with van der Waals surface area (Å²) in [6, 6.07) is 15.2. The molecule has 5 heteroatoms. The first kappa shape index (κ1) is 19.8. The summed E-state index contributed by atoms with van der Waals surface area (Å²) in [7, 11) is 1.56. The summed E-state index contributed by atoms with van der Waals surface area (Å²) in [6.07, 6.45) is 0. The Labute approximate surface area is 155 Å². The zero-order valence-electron chi connectivity index (χ0n) is 15.8. The highest BCUT2D eigenvalue weighted by Gasteiger charge is 2.13. The van der Waals surface area contributed by atoms with E-state index in [0.717, 1.165) is 25.2 Å². The van der Waals surface area contributed by atoms with Gasteiger partial charge in [-0.05, 0) is 30.8 Å². The largest absolute Gasteiger partial charge is 0.496 e. The van der Waals surface area contributed by atoms with Gasteiger partial charge >= 0.3 is 0 Å². The number of amides is 1. The lowest BCUT2D eigenvalue weighted by Crippen LogP contribution is -2.34. The Balaban J connectivity index is 1.95. The van der Waals surface area contributed by atoms with Gasteiger partial charge in [0, 0.05) is 19.2 Å². The molecule has 0 aliphatic carbocycles. The van der Waals surface area contributed by atoms with E-state index in [9.17, 15) is 4.79 Å². The molecule has 2 rings (SSSR count). The minimum atomic E-state index is -0.136. The second kappa shape index (κ2) is 10.5. The predicted molar refractivity (Wildman–Crippen MR) is 104 cm³/mol. The molecule has 0 aliphatic heterocycles. The van der Waals surface area contributed by atoms with Crippen LogP contribution in [0, 0.1) is 0 Å². The number of likely N-dealkylation sites (N-methyl/N-ethyl adjacent to an activating group) is 1. The van der Waals surface area contributed by atoms with Crippen molar-refractivity contribution in [2.75, 3.05) is 33.3 Å². The number of hydrogen-bond acceptors (Lipinski definition) is 4. The summed E-state index contributed by atoms with van der Waals surface area (Å²) >= 11 is 0. The van der Waals surface area contributed by atoms with Crippen LogP contribution in [0.15, 0.2) is 48.5 Å². The Bertz CT molecular complexity index is 685. The number of rotatable bonds is 10. The zero-order chi connectivity index (χ0) is 18.8. The molecule has 0 aliphatic rings. The van der Waals surface area contributed by atoms with Crippen LogP contribution < -0.4 is 14.8 Å². The van der Waals surface area contributed by atoms with Crippen LogP contribution in [0.3, 0.4) is 0 Å². The molecule has 0 fully saturated rings. The number of ether oxygens (including phenoxy) is 2. The van der Waals surface area contributed by atoms with E-state index in [2.05, 4.69) is 24.1 Å². The van der Waals surface area contributed by atoms with E-state index in [1.807, 2.05) is 30.3 Å². The molecule has 0 aromatic heterocycles. The molecule has 0 bridgehead atoms. The lowest BCUT2D eigenvalue weighted by Gasteiger charge is -2.18. The number of carbonyl (C=O) groups excluding carboxylic acids is 1. The molecular weight excluding hydrogens is 328 g/mol. The Morgan fingerprint density at radius 3 is 2.46 bits per heavy atom. The summed E-state index contributed by atoms with van der Waals surface area (Å²) in [5.41, 5.74) is 1.60. The van der Waals surface area contributed by atoms with Gasteiger partial charge in [-0.25, -0.2) is 0 Å². The van der Waals surface area contributed by atoms with Gasteiger partial charge in [-0.1, -0.05) is 44.2 Å². The van der Waals surface area contributed by atoms with Crippen LogP contribution in [-0.2, 0) is 6.61 Å². The maximum absolute atomic E-state index is 12.4. The van der Waals surface area contributed by atoms with E-state index in [0.29, 0.717) is 30.2 Å². The molecule has 0 spiro atoms. The Morgan fingerprint density at radius 1 is 1.08 bits per heavy atom. The van der Waals surface area contributed by atoms with Crippen molar-refractivity contribution in [3.63, 3.8) is 0 Å². The number of benzene rings is 2. The van der Waals surface area contributed by atoms with E-state index >= 15 is 0 Å². The SMILES string of the molecule is CCN(CC)CCNC(=O)c1ccc(OCc2ccccc2)cc1OC. The molecule has 2 aromatic rings. The van der Waals surface area contributed by atoms with Crippen LogP contribution in [0.4, 0.5) is 0 Å². The van der Waals surface area contributed by atoms with Crippen LogP contribution in [0.25, 0.3) is 0 Å². The maximum atomic E-state index is 12.4. The van der Waals surface area contributed by atoms with Gasteiger partial charge in [0.2, 0.25) is 0 Å². The van der Waals surface area contributed by atoms with Gasteiger partial charge in [-0.15, -0.1) is 0 Å². The molecular formula is C21H28N2O3. The highest BCUT2D eigenvalue weighted by molar-refractivity contribution is 5.97. The van der Waals surface area contributed by atoms with Crippen LogP contribution >= 0.6 is 0 Å². The summed E-state index contributed by atoms with van der Waals surface area (Å²) in [6.45, 7) is 8.09. The lowest BCUT2D eigenvalue weighted by molar-refractivity contribution is 0.0946. The van der Waals surface area contributed by atoms with Crippen molar-refractivity contribution in [1.29, 1.82) is 0 Å². The molecule has 0 radical (unpaired) electrons. The normalized spacial score (nSPS) is 10.6. The lowest BCUT2D eigenvalue weighted by atomic mass is 10.1. The molecule has 1 N–H and O–H groups in total. The van der Waals surface area contributed by atoms with Crippen molar-refractivity contribution in [3.05, 3.63) is 59.7 Å². The van der Waals surface area contributed by atoms with E-state index < -0.39 is 0 Å². The first-order valence-electron chi connectivity index (χ1n) is 9.03. The average molecular weight is 356 g/mol. The van der Waals surface area contributed by atoms with Crippen LogP contribution in [-0.4, -0.2) is 44.1 Å². The number of hydrogen-bond donors (Lipinski definition) is 1. The molecule has 0 heterocycles. The minimum Gasteiger partial charge on any atom is -0.496 e. The molecule has 2 aromatic carbocycles. The third-order valence-corrected chi connectivity index (χ3v) is 4.27. The Hall–Kier alpha value is -2.53. The standard InChI is InChI=1S/C21H28N2O3/c1-4-23(5-2)14-13-22-21(24)19-12-11-18(15-20(19)25-3)26-16-17-9-7-6-8-10-17/h6-12,15H,4-5,13-14,16H2,1-3H3,(H,22,24). The fourth-order valence-corrected chi connectivity index (χ4v) is 2.65. The first-order chi connectivity index (χ1) is 12.7. The third kappa shape index (κ3) is 5.77. The van der Waals surface area contributed by atoms with Gasteiger partial charge < -0.3 is 19.7 Å². The Kier molecular flexibility index (Phi) is 7.96. The summed E-state index contributed by atoms with van der Waals surface area (Å²) in [4.78, 5) is 14.7. The fraction of sp³-hybridized carbons (Fsp3) is 0.381. The highest BCUT2D eigenvalue weighted by atomic mass is 16.5. The second-order valence-electron chi connectivity index (χ2n) is 5.92. The summed E-state index contributed by atoms with van der Waals surface area (Å²) < 4.78 is 11.2. The van der Waals surface area contributed by atoms with Crippen molar-refractivity contribution in [1.82, 2.24) is 10.2 Å². The molecule has 0 atom stereocenters. The van der Waals surface area contributed by atoms with Crippen molar-refractivity contribution in [2.24, 2.45) is 0 Å². The molecule has 0 saturated heterocycles. The van der Waals surface area contributed by atoms with E-state index in [1.165, 1.54) is 0 Å². The minimum absolute atomic E-state index is 0.136. The van der Waals surface area contributed by atoms with E-state index in [1.54, 1.807) is 25.3 Å². The topological polar surface area (TPSA) is 50.8 Å². The van der Waals surface area contributed by atoms with Crippen LogP contribution in [0.2, 0.25) is 0 Å². The van der Waals surface area contributed by atoms with Crippen molar-refractivity contribution in [2.45, 2.75) is 20.5 Å². The van der Waals surface area contributed by atoms with E-state index in [-0.39, 0.29) is 5.91 Å². The van der Waals surface area contributed by atoms with Crippen LogP contribution in [0.5, 0.6) is 11.5 Å². The van der Waals surface area contributed by atoms with Gasteiger partial charge in [0.05, 0.1) is 12.7 Å². The number of nitrogens with zero attached hydrogens (tertiary/aromatic N) is 1.